The summed E-state index contributed by atoms with van der Waals surface area (Å²) in [5.41, 5.74) is 0. The molecule has 0 fully saturated rings. The van der Waals surface area contributed by atoms with Crippen molar-refractivity contribution in [3.05, 3.63) is 12.2 Å². The van der Waals surface area contributed by atoms with Gasteiger partial charge in [-0.3, -0.25) is 14.4 Å². The van der Waals surface area contributed by atoms with Crippen molar-refractivity contribution in [3.63, 3.8) is 0 Å². The highest BCUT2D eigenvalue weighted by Gasteiger charge is 2.33. The van der Waals surface area contributed by atoms with Gasteiger partial charge in [0, 0.05) is 13.0 Å². The average molecular weight is 283 g/mol. The lowest BCUT2D eigenvalue weighted by Crippen LogP contribution is -2.39. The van der Waals surface area contributed by atoms with Crippen LogP contribution in [0.25, 0.3) is 0 Å². The van der Waals surface area contributed by atoms with E-state index in [4.69, 9.17) is 9.84 Å². The van der Waals surface area contributed by atoms with Crippen LogP contribution in [0.4, 0.5) is 0 Å². The summed E-state index contributed by atoms with van der Waals surface area (Å²) in [5.74, 6) is -2.68. The van der Waals surface area contributed by atoms with E-state index in [0.29, 0.717) is 32.4 Å². The molecule has 6 heteroatoms. The van der Waals surface area contributed by atoms with Gasteiger partial charge < -0.3 is 15.2 Å². The summed E-state index contributed by atoms with van der Waals surface area (Å²) in [6.07, 6.45) is 5.20. The highest BCUT2D eigenvalue weighted by atomic mass is 16.5. The van der Waals surface area contributed by atoms with Gasteiger partial charge in [-0.2, -0.15) is 0 Å². The molecule has 0 spiro atoms. The zero-order valence-corrected chi connectivity index (χ0v) is 11.6. The van der Waals surface area contributed by atoms with Crippen LogP contribution in [0.1, 0.15) is 32.6 Å². The van der Waals surface area contributed by atoms with Crippen LogP contribution >= 0.6 is 0 Å². The standard InChI is InChI=1S/C14H21NO5/c1-2-20-12(16)8-5-9-15-13(17)10-6-3-4-7-11(10)14(18)19/h3-4,10-11H,2,5-9H2,1H3,(H,15,17)(H,18,19). The predicted octanol–water partition coefficient (Wildman–Crippen LogP) is 1.11. The van der Waals surface area contributed by atoms with Crippen molar-refractivity contribution in [1.29, 1.82) is 0 Å². The quantitative estimate of drug-likeness (QED) is 0.415. The predicted molar refractivity (Wildman–Crippen MR) is 71.9 cm³/mol. The topological polar surface area (TPSA) is 92.7 Å². The van der Waals surface area contributed by atoms with Crippen LogP contribution < -0.4 is 5.32 Å². The Bertz CT molecular complexity index is 391. The molecule has 0 saturated carbocycles. The van der Waals surface area contributed by atoms with E-state index in [9.17, 15) is 14.4 Å². The lowest BCUT2D eigenvalue weighted by atomic mass is 9.82. The number of allylic oxidation sites excluding steroid dienone is 2. The molecule has 0 saturated heterocycles. The summed E-state index contributed by atoms with van der Waals surface area (Å²) >= 11 is 0. The van der Waals surface area contributed by atoms with Crippen molar-refractivity contribution in [3.8, 4) is 0 Å². The van der Waals surface area contributed by atoms with Crippen LogP contribution in [-0.4, -0.2) is 36.1 Å². The number of aliphatic carboxylic acids is 1. The van der Waals surface area contributed by atoms with Crippen molar-refractivity contribution in [2.24, 2.45) is 11.8 Å². The Hall–Kier alpha value is -1.85. The molecule has 0 aromatic heterocycles. The first-order chi connectivity index (χ1) is 9.56. The molecule has 20 heavy (non-hydrogen) atoms. The zero-order valence-electron chi connectivity index (χ0n) is 11.6. The fourth-order valence-corrected chi connectivity index (χ4v) is 2.19. The van der Waals surface area contributed by atoms with Gasteiger partial charge in [-0.05, 0) is 26.2 Å². The average Bonchev–Trinajstić information content (AvgIpc) is 2.43. The minimum Gasteiger partial charge on any atom is -0.481 e. The Kier molecular flexibility index (Phi) is 6.76. The molecular formula is C14H21NO5. The van der Waals surface area contributed by atoms with Crippen LogP contribution in [0.2, 0.25) is 0 Å². The molecule has 2 atom stereocenters. The Balaban J connectivity index is 2.33. The fraction of sp³-hybridized carbons (Fsp3) is 0.643. The van der Waals surface area contributed by atoms with Gasteiger partial charge in [0.15, 0.2) is 0 Å². The van der Waals surface area contributed by atoms with Gasteiger partial charge in [-0.1, -0.05) is 12.2 Å². The Morgan fingerprint density at radius 2 is 1.90 bits per heavy atom. The minimum absolute atomic E-state index is 0.251. The lowest BCUT2D eigenvalue weighted by molar-refractivity contribution is -0.147. The van der Waals surface area contributed by atoms with E-state index in [-0.39, 0.29) is 18.3 Å². The summed E-state index contributed by atoms with van der Waals surface area (Å²) in [6.45, 7) is 2.44. The molecule has 2 N–H and O–H groups in total. The molecule has 0 aromatic carbocycles. The number of carboxylic acids is 1. The number of hydrogen-bond donors (Lipinski definition) is 2. The van der Waals surface area contributed by atoms with E-state index < -0.39 is 17.8 Å². The number of esters is 1. The summed E-state index contributed by atoms with van der Waals surface area (Å²) < 4.78 is 4.78. The van der Waals surface area contributed by atoms with Gasteiger partial charge in [-0.15, -0.1) is 0 Å². The van der Waals surface area contributed by atoms with Gasteiger partial charge >= 0.3 is 11.9 Å². The van der Waals surface area contributed by atoms with Crippen molar-refractivity contribution >= 4 is 17.8 Å². The maximum atomic E-state index is 12.0. The van der Waals surface area contributed by atoms with Crippen molar-refractivity contribution < 1.29 is 24.2 Å². The number of carboxylic acid groups (broad SMARTS) is 1. The summed E-state index contributed by atoms with van der Waals surface area (Å²) in [5, 5.41) is 11.8. The maximum Gasteiger partial charge on any atom is 0.307 e. The number of amides is 1. The third-order valence-corrected chi connectivity index (χ3v) is 3.25. The van der Waals surface area contributed by atoms with Gasteiger partial charge in [0.1, 0.15) is 0 Å². The largest absolute Gasteiger partial charge is 0.481 e. The number of nitrogens with one attached hydrogen (secondary N) is 1. The first-order valence-electron chi connectivity index (χ1n) is 6.87. The Labute approximate surface area is 118 Å². The van der Waals surface area contributed by atoms with Crippen LogP contribution in [0.15, 0.2) is 12.2 Å². The van der Waals surface area contributed by atoms with Gasteiger partial charge in [0.25, 0.3) is 0 Å². The zero-order chi connectivity index (χ0) is 15.0. The number of ether oxygens (including phenoxy) is 1. The van der Waals surface area contributed by atoms with Crippen LogP contribution in [0.5, 0.6) is 0 Å². The smallest absolute Gasteiger partial charge is 0.307 e. The Morgan fingerprint density at radius 3 is 2.50 bits per heavy atom. The van der Waals surface area contributed by atoms with E-state index in [1.165, 1.54) is 0 Å². The van der Waals surface area contributed by atoms with E-state index in [0.717, 1.165) is 0 Å². The lowest BCUT2D eigenvalue weighted by Gasteiger charge is -2.24. The van der Waals surface area contributed by atoms with Gasteiger partial charge in [-0.25, -0.2) is 0 Å². The minimum atomic E-state index is -0.943. The third kappa shape index (κ3) is 5.03. The molecule has 0 bridgehead atoms. The molecule has 0 heterocycles. The maximum absolute atomic E-state index is 12.0. The highest BCUT2D eigenvalue weighted by Crippen LogP contribution is 2.25. The number of rotatable bonds is 7. The van der Waals surface area contributed by atoms with Gasteiger partial charge in [0.2, 0.25) is 5.91 Å². The van der Waals surface area contributed by atoms with Crippen LogP contribution in [0, 0.1) is 11.8 Å². The van der Waals surface area contributed by atoms with E-state index in [2.05, 4.69) is 5.32 Å². The molecule has 112 valence electrons. The fourth-order valence-electron chi connectivity index (χ4n) is 2.19. The second-order valence-electron chi connectivity index (χ2n) is 4.69. The molecular weight excluding hydrogens is 262 g/mol. The summed E-state index contributed by atoms with van der Waals surface area (Å²) in [7, 11) is 0. The monoisotopic (exact) mass is 283 g/mol. The highest BCUT2D eigenvalue weighted by molar-refractivity contribution is 5.85. The van der Waals surface area contributed by atoms with E-state index in [1.807, 2.05) is 6.08 Å². The van der Waals surface area contributed by atoms with Crippen LogP contribution in [0.3, 0.4) is 0 Å². The second kappa shape index (κ2) is 8.35. The first-order valence-corrected chi connectivity index (χ1v) is 6.87. The Morgan fingerprint density at radius 1 is 1.25 bits per heavy atom. The molecule has 1 aliphatic rings. The first kappa shape index (κ1) is 16.2. The SMILES string of the molecule is CCOC(=O)CCCNC(=O)C1CC=CCC1C(=O)O. The molecule has 1 aliphatic carbocycles. The third-order valence-electron chi connectivity index (χ3n) is 3.25. The van der Waals surface area contributed by atoms with Crippen molar-refractivity contribution in [2.45, 2.75) is 32.6 Å². The molecule has 0 aromatic rings. The molecule has 6 nitrogen and oxygen atoms in total. The summed E-state index contributed by atoms with van der Waals surface area (Å²) in [4.78, 5) is 34.2. The van der Waals surface area contributed by atoms with Crippen molar-refractivity contribution in [1.82, 2.24) is 5.32 Å². The van der Waals surface area contributed by atoms with Crippen LogP contribution in [-0.2, 0) is 19.1 Å². The summed E-state index contributed by atoms with van der Waals surface area (Å²) in [6, 6.07) is 0. The molecule has 1 rings (SSSR count). The van der Waals surface area contributed by atoms with E-state index in [1.54, 1.807) is 13.0 Å². The number of carbonyl (C=O) groups is 3. The normalized spacial score (nSPS) is 21.2. The molecule has 1 amide bonds. The number of carbonyl (C=O) groups excluding carboxylic acids is 2. The van der Waals surface area contributed by atoms with Gasteiger partial charge in [0.05, 0.1) is 18.4 Å². The number of hydrogen-bond acceptors (Lipinski definition) is 4. The van der Waals surface area contributed by atoms with E-state index >= 15 is 0 Å². The molecule has 0 aliphatic heterocycles. The van der Waals surface area contributed by atoms with Crippen molar-refractivity contribution in [2.75, 3.05) is 13.2 Å². The molecule has 2 unspecified atom stereocenters. The second-order valence-corrected chi connectivity index (χ2v) is 4.69. The molecule has 0 radical (unpaired) electrons.